The Morgan fingerprint density at radius 1 is 1.16 bits per heavy atom. The van der Waals surface area contributed by atoms with Crippen molar-refractivity contribution in [3.63, 3.8) is 0 Å². The van der Waals surface area contributed by atoms with Crippen molar-refractivity contribution in [3.8, 4) is 0 Å². The molecule has 1 amide bonds. The molecule has 2 rings (SSSR count). The van der Waals surface area contributed by atoms with Crippen molar-refractivity contribution in [1.29, 1.82) is 0 Å². The standard InChI is InChI=1S/C16H22Cl2N2O4S/c1-10(2)11(3)19-16(21)12-8-15(14(18)9-13(12)17)25(22,23)20-4-6-24-7-5-20/h8-11H,4-7H2,1-3H3,(H,19,21). The summed E-state index contributed by atoms with van der Waals surface area (Å²) in [5.41, 5.74) is 0.0883. The molecule has 1 aromatic rings. The smallest absolute Gasteiger partial charge is 0.253 e. The number of carbonyl (C=O) groups excluding carboxylic acids is 1. The zero-order chi connectivity index (χ0) is 18.8. The van der Waals surface area contributed by atoms with Crippen molar-refractivity contribution in [2.75, 3.05) is 26.3 Å². The molecule has 1 fully saturated rings. The largest absolute Gasteiger partial charge is 0.379 e. The molecule has 0 aromatic heterocycles. The van der Waals surface area contributed by atoms with Crippen LogP contribution < -0.4 is 5.32 Å². The first-order valence-corrected chi connectivity index (χ1v) is 10.2. The van der Waals surface area contributed by atoms with Crippen LogP contribution in [0.2, 0.25) is 10.0 Å². The van der Waals surface area contributed by atoms with Gasteiger partial charge in [-0.05, 0) is 25.0 Å². The molecule has 1 atom stereocenters. The molecule has 1 heterocycles. The maximum Gasteiger partial charge on any atom is 0.253 e. The average Bonchev–Trinajstić information content (AvgIpc) is 2.55. The maximum absolute atomic E-state index is 12.8. The monoisotopic (exact) mass is 408 g/mol. The van der Waals surface area contributed by atoms with Gasteiger partial charge in [-0.2, -0.15) is 4.31 Å². The third-order valence-electron chi connectivity index (χ3n) is 4.21. The van der Waals surface area contributed by atoms with E-state index in [-0.39, 0.29) is 45.6 Å². The lowest BCUT2D eigenvalue weighted by molar-refractivity contribution is 0.0730. The fourth-order valence-electron chi connectivity index (χ4n) is 2.28. The Morgan fingerprint density at radius 3 is 2.32 bits per heavy atom. The quantitative estimate of drug-likeness (QED) is 0.812. The number of ether oxygens (including phenoxy) is 1. The summed E-state index contributed by atoms with van der Waals surface area (Å²) in [6, 6.07) is 2.46. The minimum absolute atomic E-state index is 0.00931. The Balaban J connectivity index is 2.38. The van der Waals surface area contributed by atoms with Gasteiger partial charge in [-0.25, -0.2) is 8.42 Å². The molecule has 9 heteroatoms. The van der Waals surface area contributed by atoms with E-state index in [1.807, 2.05) is 20.8 Å². The molecule has 6 nitrogen and oxygen atoms in total. The fraction of sp³-hybridized carbons (Fsp3) is 0.562. The lowest BCUT2D eigenvalue weighted by Gasteiger charge is -2.26. The second-order valence-corrected chi connectivity index (χ2v) is 9.01. The van der Waals surface area contributed by atoms with Crippen LogP contribution in [0.4, 0.5) is 0 Å². The summed E-state index contributed by atoms with van der Waals surface area (Å²) in [4.78, 5) is 12.4. The summed E-state index contributed by atoms with van der Waals surface area (Å²) in [6.07, 6.45) is 0. The summed E-state index contributed by atoms with van der Waals surface area (Å²) in [5, 5.41) is 2.92. The summed E-state index contributed by atoms with van der Waals surface area (Å²) < 4.78 is 32.2. The van der Waals surface area contributed by atoms with E-state index in [1.54, 1.807) is 0 Å². The molecule has 0 spiro atoms. The van der Waals surface area contributed by atoms with Crippen molar-refractivity contribution >= 4 is 39.1 Å². The zero-order valence-electron chi connectivity index (χ0n) is 14.4. The second kappa shape index (κ2) is 8.22. The number of carbonyl (C=O) groups is 1. The lowest BCUT2D eigenvalue weighted by Crippen LogP contribution is -2.41. The third kappa shape index (κ3) is 4.65. The second-order valence-electron chi connectivity index (χ2n) is 6.29. The van der Waals surface area contributed by atoms with Gasteiger partial charge in [-0.1, -0.05) is 37.0 Å². The van der Waals surface area contributed by atoms with E-state index in [2.05, 4.69) is 5.32 Å². The van der Waals surface area contributed by atoms with Crippen molar-refractivity contribution in [1.82, 2.24) is 9.62 Å². The van der Waals surface area contributed by atoms with E-state index in [1.165, 1.54) is 16.4 Å². The number of benzene rings is 1. The summed E-state index contributed by atoms with van der Waals surface area (Å²) in [5.74, 6) is -0.201. The van der Waals surface area contributed by atoms with E-state index in [9.17, 15) is 13.2 Å². The molecule has 25 heavy (non-hydrogen) atoms. The first-order chi connectivity index (χ1) is 11.6. The van der Waals surface area contributed by atoms with Crippen LogP contribution in [0.15, 0.2) is 17.0 Å². The zero-order valence-corrected chi connectivity index (χ0v) is 16.7. The van der Waals surface area contributed by atoms with E-state index in [0.717, 1.165) is 0 Å². The SMILES string of the molecule is CC(C)C(C)NC(=O)c1cc(S(=O)(=O)N2CCOCC2)c(Cl)cc1Cl. The Hall–Kier alpha value is -0.860. The van der Waals surface area contributed by atoms with Gasteiger partial charge in [-0.15, -0.1) is 0 Å². The molecule has 1 aliphatic rings. The fourth-order valence-corrected chi connectivity index (χ4v) is 4.52. The van der Waals surface area contributed by atoms with Gasteiger partial charge in [0, 0.05) is 19.1 Å². The molecular formula is C16H22Cl2N2O4S. The van der Waals surface area contributed by atoms with E-state index < -0.39 is 15.9 Å². The number of hydrogen-bond donors (Lipinski definition) is 1. The topological polar surface area (TPSA) is 75.7 Å². The number of hydrogen-bond acceptors (Lipinski definition) is 4. The first-order valence-electron chi connectivity index (χ1n) is 8.02. The van der Waals surface area contributed by atoms with Crippen LogP contribution in [0.1, 0.15) is 31.1 Å². The van der Waals surface area contributed by atoms with E-state index in [0.29, 0.717) is 13.2 Å². The van der Waals surface area contributed by atoms with Gasteiger partial charge < -0.3 is 10.1 Å². The van der Waals surface area contributed by atoms with Crippen LogP contribution in [-0.2, 0) is 14.8 Å². The van der Waals surface area contributed by atoms with Gasteiger partial charge in [0.05, 0.1) is 28.8 Å². The molecule has 1 N–H and O–H groups in total. The van der Waals surface area contributed by atoms with Crippen molar-refractivity contribution in [3.05, 3.63) is 27.7 Å². The van der Waals surface area contributed by atoms with Gasteiger partial charge >= 0.3 is 0 Å². The van der Waals surface area contributed by atoms with Gasteiger partial charge in [-0.3, -0.25) is 4.79 Å². The Morgan fingerprint density at radius 2 is 1.76 bits per heavy atom. The molecule has 140 valence electrons. The molecule has 0 bridgehead atoms. The molecule has 1 aliphatic heterocycles. The molecular weight excluding hydrogens is 387 g/mol. The first kappa shape index (κ1) is 20.5. The number of halogens is 2. The normalized spacial score (nSPS) is 17.5. The summed E-state index contributed by atoms with van der Waals surface area (Å²) in [7, 11) is -3.83. The van der Waals surface area contributed by atoms with Gasteiger partial charge in [0.25, 0.3) is 5.91 Å². The molecule has 0 saturated carbocycles. The van der Waals surface area contributed by atoms with Crippen LogP contribution in [-0.4, -0.2) is 51.0 Å². The molecule has 1 saturated heterocycles. The number of nitrogens with zero attached hydrogens (tertiary/aromatic N) is 1. The number of nitrogens with one attached hydrogen (secondary N) is 1. The minimum atomic E-state index is -3.83. The highest BCUT2D eigenvalue weighted by atomic mass is 35.5. The Bertz CT molecular complexity index is 747. The maximum atomic E-state index is 12.8. The molecule has 0 aliphatic carbocycles. The Labute approximate surface area is 158 Å². The van der Waals surface area contributed by atoms with Crippen LogP contribution in [0.5, 0.6) is 0 Å². The molecule has 1 unspecified atom stereocenters. The summed E-state index contributed by atoms with van der Waals surface area (Å²) in [6.45, 7) is 6.96. The predicted molar refractivity (Wildman–Crippen MR) is 97.8 cm³/mol. The lowest BCUT2D eigenvalue weighted by atomic mass is 10.1. The van der Waals surface area contributed by atoms with E-state index in [4.69, 9.17) is 27.9 Å². The highest BCUT2D eigenvalue weighted by Gasteiger charge is 2.30. The molecule has 1 aromatic carbocycles. The van der Waals surface area contributed by atoms with Gasteiger partial charge in [0.15, 0.2) is 0 Å². The van der Waals surface area contributed by atoms with Crippen LogP contribution in [0, 0.1) is 5.92 Å². The van der Waals surface area contributed by atoms with Gasteiger partial charge in [0.1, 0.15) is 4.90 Å². The summed E-state index contributed by atoms with van der Waals surface area (Å²) >= 11 is 12.2. The van der Waals surface area contributed by atoms with Crippen molar-refractivity contribution in [2.45, 2.75) is 31.7 Å². The number of rotatable bonds is 5. The molecule has 0 radical (unpaired) electrons. The predicted octanol–water partition coefficient (Wildman–Crippen LogP) is 2.79. The van der Waals surface area contributed by atoms with Crippen molar-refractivity contribution < 1.29 is 17.9 Å². The third-order valence-corrected chi connectivity index (χ3v) is 6.89. The highest BCUT2D eigenvalue weighted by molar-refractivity contribution is 7.89. The minimum Gasteiger partial charge on any atom is -0.379 e. The van der Waals surface area contributed by atoms with Crippen LogP contribution in [0.3, 0.4) is 0 Å². The van der Waals surface area contributed by atoms with Crippen LogP contribution >= 0.6 is 23.2 Å². The van der Waals surface area contributed by atoms with Crippen molar-refractivity contribution in [2.24, 2.45) is 5.92 Å². The number of sulfonamides is 1. The van der Waals surface area contributed by atoms with E-state index >= 15 is 0 Å². The number of morpholine rings is 1. The number of amides is 1. The Kier molecular flexibility index (Phi) is 6.73. The highest BCUT2D eigenvalue weighted by Crippen LogP contribution is 2.31. The van der Waals surface area contributed by atoms with Crippen LogP contribution in [0.25, 0.3) is 0 Å². The van der Waals surface area contributed by atoms with Gasteiger partial charge in [0.2, 0.25) is 10.0 Å². The average molecular weight is 409 g/mol.